The number of nitrogens with one attached hydrogen (secondary N) is 2. The zero-order chi connectivity index (χ0) is 13.5. The van der Waals surface area contributed by atoms with E-state index in [1.807, 2.05) is 19.1 Å². The number of ether oxygens (including phenoxy) is 1. The first kappa shape index (κ1) is 13.6. The highest BCUT2D eigenvalue weighted by molar-refractivity contribution is 5.80. The molecule has 0 aromatic carbocycles. The number of aromatic nitrogens is 1. The van der Waals surface area contributed by atoms with E-state index < -0.39 is 0 Å². The fourth-order valence-electron chi connectivity index (χ4n) is 1.69. The van der Waals surface area contributed by atoms with Crippen molar-refractivity contribution in [2.24, 2.45) is 4.99 Å². The smallest absolute Gasteiger partial charge is 0.213 e. The molecule has 0 spiro atoms. The quantitative estimate of drug-likeness (QED) is 0.605. The van der Waals surface area contributed by atoms with E-state index in [9.17, 15) is 0 Å². The zero-order valence-electron chi connectivity index (χ0n) is 11.6. The van der Waals surface area contributed by atoms with E-state index in [-0.39, 0.29) is 0 Å². The van der Waals surface area contributed by atoms with Crippen molar-refractivity contribution in [1.82, 2.24) is 15.6 Å². The van der Waals surface area contributed by atoms with Gasteiger partial charge in [-0.05, 0) is 38.3 Å². The van der Waals surface area contributed by atoms with Gasteiger partial charge in [-0.1, -0.05) is 0 Å². The Hall–Kier alpha value is -1.78. The van der Waals surface area contributed by atoms with Crippen LogP contribution < -0.4 is 15.4 Å². The van der Waals surface area contributed by atoms with Crippen LogP contribution in [0, 0.1) is 0 Å². The standard InChI is InChI=1S/C14H22N4O/c1-3-15-14(18-12-5-6-12)17-10-11-7-8-16-13(9-11)19-4-2/h7-9,12H,3-6,10H2,1-2H3,(H2,15,17,18). The first-order valence-corrected chi connectivity index (χ1v) is 6.94. The summed E-state index contributed by atoms with van der Waals surface area (Å²) in [5, 5.41) is 6.65. The Morgan fingerprint density at radius 1 is 1.47 bits per heavy atom. The lowest BCUT2D eigenvalue weighted by Crippen LogP contribution is -2.38. The van der Waals surface area contributed by atoms with Gasteiger partial charge in [0, 0.05) is 24.8 Å². The molecule has 2 rings (SSSR count). The molecule has 2 N–H and O–H groups in total. The molecule has 1 heterocycles. The molecule has 5 heteroatoms. The van der Waals surface area contributed by atoms with Crippen LogP contribution in [0.3, 0.4) is 0 Å². The number of aliphatic imine (C=N–C) groups is 1. The summed E-state index contributed by atoms with van der Waals surface area (Å²) in [6.45, 7) is 6.16. The summed E-state index contributed by atoms with van der Waals surface area (Å²) in [4.78, 5) is 8.73. The van der Waals surface area contributed by atoms with Crippen molar-refractivity contribution in [1.29, 1.82) is 0 Å². The molecule has 1 aliphatic carbocycles. The second kappa shape index (κ2) is 6.97. The molecule has 0 atom stereocenters. The van der Waals surface area contributed by atoms with Crippen LogP contribution in [0.5, 0.6) is 5.88 Å². The Balaban J connectivity index is 1.95. The van der Waals surface area contributed by atoms with E-state index in [1.54, 1.807) is 6.20 Å². The van der Waals surface area contributed by atoms with Crippen LogP contribution in [0.1, 0.15) is 32.3 Å². The van der Waals surface area contributed by atoms with Gasteiger partial charge in [-0.15, -0.1) is 0 Å². The molecular formula is C14H22N4O. The second-order valence-corrected chi connectivity index (χ2v) is 4.55. The third-order valence-electron chi connectivity index (χ3n) is 2.77. The first-order chi connectivity index (χ1) is 9.31. The molecule has 1 saturated carbocycles. The van der Waals surface area contributed by atoms with Crippen LogP contribution in [0.25, 0.3) is 0 Å². The molecule has 0 bridgehead atoms. The van der Waals surface area contributed by atoms with E-state index in [0.717, 1.165) is 18.1 Å². The van der Waals surface area contributed by atoms with Gasteiger partial charge in [-0.3, -0.25) is 0 Å². The van der Waals surface area contributed by atoms with E-state index >= 15 is 0 Å². The minimum absolute atomic E-state index is 0.606. The lowest BCUT2D eigenvalue weighted by molar-refractivity contribution is 0.326. The zero-order valence-corrected chi connectivity index (χ0v) is 11.6. The molecule has 0 radical (unpaired) electrons. The number of hydrogen-bond acceptors (Lipinski definition) is 3. The molecule has 19 heavy (non-hydrogen) atoms. The van der Waals surface area contributed by atoms with Crippen LogP contribution in [-0.4, -0.2) is 30.1 Å². The fraction of sp³-hybridized carbons (Fsp3) is 0.571. The van der Waals surface area contributed by atoms with Gasteiger partial charge < -0.3 is 15.4 Å². The molecule has 104 valence electrons. The highest BCUT2D eigenvalue weighted by Crippen LogP contribution is 2.18. The van der Waals surface area contributed by atoms with Crippen LogP contribution in [-0.2, 0) is 6.54 Å². The molecule has 0 unspecified atom stereocenters. The van der Waals surface area contributed by atoms with Gasteiger partial charge in [0.15, 0.2) is 5.96 Å². The maximum Gasteiger partial charge on any atom is 0.213 e. The summed E-state index contributed by atoms with van der Waals surface area (Å²) in [5.74, 6) is 1.55. The molecule has 1 aromatic heterocycles. The largest absolute Gasteiger partial charge is 0.478 e. The minimum Gasteiger partial charge on any atom is -0.478 e. The number of pyridine rings is 1. The Kier molecular flexibility index (Phi) is 5.01. The van der Waals surface area contributed by atoms with Gasteiger partial charge in [-0.25, -0.2) is 9.98 Å². The highest BCUT2D eigenvalue weighted by Gasteiger charge is 2.21. The van der Waals surface area contributed by atoms with E-state index in [1.165, 1.54) is 12.8 Å². The number of nitrogens with zero attached hydrogens (tertiary/aromatic N) is 2. The first-order valence-electron chi connectivity index (χ1n) is 6.94. The summed E-state index contributed by atoms with van der Waals surface area (Å²) in [6.07, 6.45) is 4.25. The van der Waals surface area contributed by atoms with Crippen LogP contribution in [0.15, 0.2) is 23.3 Å². The maximum absolute atomic E-state index is 5.38. The average molecular weight is 262 g/mol. The minimum atomic E-state index is 0.606. The van der Waals surface area contributed by atoms with Gasteiger partial charge in [-0.2, -0.15) is 0 Å². The molecule has 5 nitrogen and oxygen atoms in total. The van der Waals surface area contributed by atoms with Crippen LogP contribution >= 0.6 is 0 Å². The Morgan fingerprint density at radius 3 is 3.00 bits per heavy atom. The van der Waals surface area contributed by atoms with Gasteiger partial charge in [0.05, 0.1) is 13.2 Å². The molecule has 1 aliphatic rings. The number of rotatable bonds is 6. The number of hydrogen-bond donors (Lipinski definition) is 2. The topological polar surface area (TPSA) is 58.5 Å². The van der Waals surface area contributed by atoms with E-state index in [2.05, 4.69) is 27.5 Å². The Morgan fingerprint density at radius 2 is 2.32 bits per heavy atom. The normalized spacial score (nSPS) is 15.2. The summed E-state index contributed by atoms with van der Waals surface area (Å²) in [5.41, 5.74) is 1.10. The summed E-state index contributed by atoms with van der Waals surface area (Å²) in [7, 11) is 0. The van der Waals surface area contributed by atoms with Crippen molar-refractivity contribution in [3.63, 3.8) is 0 Å². The molecule has 0 amide bonds. The van der Waals surface area contributed by atoms with Gasteiger partial charge in [0.25, 0.3) is 0 Å². The average Bonchev–Trinajstić information content (AvgIpc) is 3.21. The molecule has 1 fully saturated rings. The highest BCUT2D eigenvalue weighted by atomic mass is 16.5. The van der Waals surface area contributed by atoms with Crippen LogP contribution in [0.2, 0.25) is 0 Å². The van der Waals surface area contributed by atoms with E-state index in [0.29, 0.717) is 25.1 Å². The van der Waals surface area contributed by atoms with Crippen molar-refractivity contribution in [3.05, 3.63) is 23.9 Å². The lowest BCUT2D eigenvalue weighted by Gasteiger charge is -2.10. The summed E-state index contributed by atoms with van der Waals surface area (Å²) < 4.78 is 5.38. The van der Waals surface area contributed by atoms with E-state index in [4.69, 9.17) is 4.74 Å². The van der Waals surface area contributed by atoms with Crippen molar-refractivity contribution in [3.8, 4) is 5.88 Å². The van der Waals surface area contributed by atoms with Crippen molar-refractivity contribution in [2.75, 3.05) is 13.2 Å². The molecule has 1 aromatic rings. The van der Waals surface area contributed by atoms with Crippen molar-refractivity contribution >= 4 is 5.96 Å². The predicted molar refractivity (Wildman–Crippen MR) is 76.4 cm³/mol. The SMILES string of the molecule is CCNC(=NCc1ccnc(OCC)c1)NC1CC1. The third-order valence-corrected chi connectivity index (χ3v) is 2.77. The van der Waals surface area contributed by atoms with Gasteiger partial charge in [0.2, 0.25) is 5.88 Å². The summed E-state index contributed by atoms with van der Waals surface area (Å²) in [6, 6.07) is 4.51. The van der Waals surface area contributed by atoms with Gasteiger partial charge >= 0.3 is 0 Å². The molecular weight excluding hydrogens is 240 g/mol. The summed E-state index contributed by atoms with van der Waals surface area (Å²) >= 11 is 0. The van der Waals surface area contributed by atoms with Crippen LogP contribution in [0.4, 0.5) is 0 Å². The molecule has 0 saturated heterocycles. The second-order valence-electron chi connectivity index (χ2n) is 4.55. The van der Waals surface area contributed by atoms with Crippen molar-refractivity contribution < 1.29 is 4.74 Å². The molecule has 0 aliphatic heterocycles. The number of guanidine groups is 1. The monoisotopic (exact) mass is 262 g/mol. The fourth-order valence-corrected chi connectivity index (χ4v) is 1.69. The third kappa shape index (κ3) is 4.77. The maximum atomic E-state index is 5.38. The Labute approximate surface area is 114 Å². The Bertz CT molecular complexity index is 429. The van der Waals surface area contributed by atoms with Gasteiger partial charge in [0.1, 0.15) is 0 Å². The predicted octanol–water partition coefficient (Wildman–Crippen LogP) is 1.70. The lowest BCUT2D eigenvalue weighted by atomic mass is 10.3. The van der Waals surface area contributed by atoms with Crippen molar-refractivity contribution in [2.45, 2.75) is 39.3 Å².